The summed E-state index contributed by atoms with van der Waals surface area (Å²) in [7, 11) is -2.89. The molecule has 2 atom stereocenters. The number of hydrogen-bond acceptors (Lipinski definition) is 6. The van der Waals surface area contributed by atoms with Gasteiger partial charge in [0.05, 0.1) is 35.5 Å². The molecule has 1 saturated heterocycles. The van der Waals surface area contributed by atoms with E-state index in [9.17, 15) is 30.8 Å². The highest BCUT2D eigenvalue weighted by molar-refractivity contribution is 7.99. The molecule has 6 nitrogen and oxygen atoms in total. The molecular weight excluding hydrogens is 579 g/mol. The smallest absolute Gasteiger partial charge is 0.362 e. The zero-order valence-electron chi connectivity index (χ0n) is 18.9. The van der Waals surface area contributed by atoms with E-state index in [1.807, 2.05) is 0 Å². The lowest BCUT2D eigenvalue weighted by molar-refractivity contribution is -0.167. The summed E-state index contributed by atoms with van der Waals surface area (Å²) in [4.78, 5) is 13.7. The quantitative estimate of drug-likeness (QED) is 0.233. The lowest BCUT2D eigenvalue weighted by Gasteiger charge is -2.48. The highest BCUT2D eigenvalue weighted by atomic mass is 35.5. The summed E-state index contributed by atoms with van der Waals surface area (Å²) in [5.74, 6) is -1.49. The first-order valence-corrected chi connectivity index (χ1v) is 13.7. The molecule has 2 aromatic rings. The zero-order valence-corrected chi connectivity index (χ0v) is 22.2. The van der Waals surface area contributed by atoms with E-state index in [1.54, 1.807) is 18.2 Å². The minimum absolute atomic E-state index is 0.185. The average Bonchev–Trinajstić information content (AvgIpc) is 3.43. The Bertz CT molecular complexity index is 1390. The Labute approximate surface area is 225 Å². The fraction of sp³-hybridized carbons (Fsp3) is 0.391. The van der Waals surface area contributed by atoms with Crippen LogP contribution in [0.15, 0.2) is 34.7 Å². The maximum Gasteiger partial charge on any atom is 0.409 e. The first kappa shape index (κ1) is 26.7. The van der Waals surface area contributed by atoms with Crippen molar-refractivity contribution in [2.75, 3.05) is 13.1 Å². The van der Waals surface area contributed by atoms with Crippen LogP contribution in [0.25, 0.3) is 0 Å². The predicted octanol–water partition coefficient (Wildman–Crippen LogP) is 5.00. The standard InChI is InChI=1S/C23H18Cl2F4N2O4S2/c1-11(37(33)34)20(32)31-9-21(10-31)15-3-2-12(4-13(15)8-35-21)18-7-22(36-30-18,23(27,28)29)14-5-16(24)19(26)17(25)6-14/h2-6,11,37H,7-10H2,1H3/t11-,22?/m0/s1. The van der Waals surface area contributed by atoms with Crippen molar-refractivity contribution < 1.29 is 35.5 Å². The average molecular weight is 597 g/mol. The molecule has 37 heavy (non-hydrogen) atoms. The Kier molecular flexibility index (Phi) is 6.59. The summed E-state index contributed by atoms with van der Waals surface area (Å²) >= 11 is 11.9. The minimum Gasteiger partial charge on any atom is -0.362 e. The van der Waals surface area contributed by atoms with E-state index in [-0.39, 0.29) is 31.0 Å². The van der Waals surface area contributed by atoms with E-state index >= 15 is 0 Å². The number of ether oxygens (including phenoxy) is 1. The highest BCUT2D eigenvalue weighted by Gasteiger charge is 2.60. The monoisotopic (exact) mass is 596 g/mol. The molecule has 0 aromatic heterocycles. The van der Waals surface area contributed by atoms with Crippen LogP contribution in [0.1, 0.15) is 35.6 Å². The number of fused-ring (bicyclic) bond motifs is 2. The lowest BCUT2D eigenvalue weighted by Crippen LogP contribution is -2.62. The van der Waals surface area contributed by atoms with Gasteiger partial charge >= 0.3 is 6.18 Å². The summed E-state index contributed by atoms with van der Waals surface area (Å²) < 4.78 is 86.9. The zero-order chi connectivity index (χ0) is 26.9. The van der Waals surface area contributed by atoms with Gasteiger partial charge in [-0.15, -0.1) is 0 Å². The number of halogens is 6. The van der Waals surface area contributed by atoms with Crippen molar-refractivity contribution in [1.82, 2.24) is 4.90 Å². The molecule has 0 bridgehead atoms. The number of likely N-dealkylation sites (tertiary alicyclic amines) is 1. The van der Waals surface area contributed by atoms with Gasteiger partial charge in [0.1, 0.15) is 10.9 Å². The Balaban J connectivity index is 1.39. The maximum absolute atomic E-state index is 14.4. The topological polar surface area (TPSA) is 76.0 Å². The minimum atomic E-state index is -4.75. The Morgan fingerprint density at radius 1 is 1.19 bits per heavy atom. The molecule has 5 rings (SSSR count). The maximum atomic E-state index is 14.4. The molecule has 14 heteroatoms. The summed E-state index contributed by atoms with van der Waals surface area (Å²) in [6, 6.07) is 6.95. The van der Waals surface area contributed by atoms with Gasteiger partial charge in [-0.2, -0.15) is 13.2 Å². The molecular formula is C23H18Cl2F4N2O4S2. The van der Waals surface area contributed by atoms with Gasteiger partial charge in [0.25, 0.3) is 0 Å². The number of rotatable bonds is 4. The molecule has 198 valence electrons. The van der Waals surface area contributed by atoms with E-state index in [2.05, 4.69) is 4.40 Å². The molecule has 1 fully saturated rings. The summed E-state index contributed by atoms with van der Waals surface area (Å²) in [6.07, 6.45) is -5.26. The van der Waals surface area contributed by atoms with Crippen molar-refractivity contribution in [2.24, 2.45) is 4.40 Å². The van der Waals surface area contributed by atoms with Crippen LogP contribution in [0.4, 0.5) is 17.6 Å². The van der Waals surface area contributed by atoms with E-state index in [1.165, 1.54) is 11.8 Å². The van der Waals surface area contributed by atoms with Crippen LogP contribution in [-0.4, -0.2) is 49.5 Å². The summed E-state index contributed by atoms with van der Waals surface area (Å²) in [5.41, 5.74) is 1.14. The van der Waals surface area contributed by atoms with Crippen molar-refractivity contribution >= 4 is 57.5 Å². The number of benzene rings is 2. The molecule has 1 unspecified atom stereocenters. The Hall–Kier alpha value is -1.86. The third-order valence-corrected chi connectivity index (χ3v) is 9.59. The first-order chi connectivity index (χ1) is 17.3. The van der Waals surface area contributed by atoms with Gasteiger partial charge in [0.15, 0.2) is 21.3 Å². The molecule has 1 spiro atoms. The van der Waals surface area contributed by atoms with Gasteiger partial charge < -0.3 is 9.64 Å². The van der Waals surface area contributed by atoms with Gasteiger partial charge in [-0.25, -0.2) is 17.2 Å². The third kappa shape index (κ3) is 4.25. The Morgan fingerprint density at radius 2 is 1.84 bits per heavy atom. The van der Waals surface area contributed by atoms with Crippen molar-refractivity contribution in [3.8, 4) is 0 Å². The van der Waals surface area contributed by atoms with Crippen molar-refractivity contribution in [1.29, 1.82) is 0 Å². The van der Waals surface area contributed by atoms with Crippen LogP contribution >= 0.6 is 35.1 Å². The predicted molar refractivity (Wildman–Crippen MR) is 132 cm³/mol. The molecule has 0 radical (unpaired) electrons. The van der Waals surface area contributed by atoms with Crippen LogP contribution in [0.2, 0.25) is 10.0 Å². The number of hydrogen-bond donors (Lipinski definition) is 1. The van der Waals surface area contributed by atoms with Crippen molar-refractivity contribution in [3.05, 3.63) is 68.4 Å². The van der Waals surface area contributed by atoms with E-state index < -0.39 is 60.7 Å². The molecule has 3 aliphatic heterocycles. The highest BCUT2D eigenvalue weighted by Crippen LogP contribution is 2.57. The molecule has 0 N–H and O–H groups in total. The second kappa shape index (κ2) is 9.11. The number of alkyl halides is 3. The van der Waals surface area contributed by atoms with Gasteiger partial charge in [-0.1, -0.05) is 35.3 Å². The Morgan fingerprint density at radius 3 is 2.43 bits per heavy atom. The fourth-order valence-electron chi connectivity index (χ4n) is 4.82. The molecule has 3 aliphatic rings. The van der Waals surface area contributed by atoms with Gasteiger partial charge in [0, 0.05) is 6.42 Å². The van der Waals surface area contributed by atoms with Gasteiger partial charge in [-0.3, -0.25) is 4.79 Å². The van der Waals surface area contributed by atoms with Crippen LogP contribution < -0.4 is 0 Å². The normalized spacial score (nSPS) is 23.2. The lowest BCUT2D eigenvalue weighted by atomic mass is 9.83. The summed E-state index contributed by atoms with van der Waals surface area (Å²) in [6.45, 7) is 1.88. The van der Waals surface area contributed by atoms with Gasteiger partial charge in [-0.05, 0) is 59.3 Å². The number of carbonyl (C=O) groups is 1. The van der Waals surface area contributed by atoms with Gasteiger partial charge in [0.2, 0.25) is 5.91 Å². The number of thiol groups is 1. The summed E-state index contributed by atoms with van der Waals surface area (Å²) in [5, 5.41) is -2.15. The number of nitrogens with zero attached hydrogens (tertiary/aromatic N) is 2. The fourth-order valence-corrected chi connectivity index (χ4v) is 6.61. The van der Waals surface area contributed by atoms with Crippen LogP contribution in [0, 0.1) is 5.82 Å². The van der Waals surface area contributed by atoms with Crippen molar-refractivity contribution in [2.45, 2.75) is 41.7 Å². The molecule has 0 aliphatic carbocycles. The van der Waals surface area contributed by atoms with Crippen LogP contribution in [0.5, 0.6) is 0 Å². The SMILES string of the molecule is C[C@@H](C(=O)N1CC2(C1)OCc1cc(C3=NSC(c4cc(Cl)c(F)c(Cl)c4)(C(F)(F)F)C3)ccc12)[SH](=O)=O. The first-order valence-electron chi connectivity index (χ1n) is 10.9. The molecule has 2 aromatic carbocycles. The second-order valence-corrected chi connectivity index (χ2v) is 12.4. The second-order valence-electron chi connectivity index (χ2n) is 9.20. The molecule has 3 heterocycles. The largest absolute Gasteiger partial charge is 0.409 e. The van der Waals surface area contributed by atoms with E-state index in [0.717, 1.165) is 23.3 Å². The molecule has 0 saturated carbocycles. The molecule has 1 amide bonds. The number of amides is 1. The van der Waals surface area contributed by atoms with E-state index in [0.29, 0.717) is 17.5 Å². The number of carbonyl (C=O) groups excluding carboxylic acids is 1. The third-order valence-electron chi connectivity index (χ3n) is 6.95. The van der Waals surface area contributed by atoms with E-state index in [4.69, 9.17) is 27.9 Å². The van der Waals surface area contributed by atoms with Crippen molar-refractivity contribution in [3.63, 3.8) is 0 Å². The van der Waals surface area contributed by atoms with Crippen LogP contribution in [-0.2, 0) is 37.2 Å². The van der Waals surface area contributed by atoms with Crippen LogP contribution in [0.3, 0.4) is 0 Å².